The van der Waals surface area contributed by atoms with E-state index in [1.54, 1.807) is 43.4 Å². The van der Waals surface area contributed by atoms with Crippen molar-refractivity contribution in [1.29, 1.82) is 0 Å². The first-order valence-electron chi connectivity index (χ1n) is 7.03. The van der Waals surface area contributed by atoms with Gasteiger partial charge in [0.2, 0.25) is 5.91 Å². The highest BCUT2D eigenvalue weighted by atomic mass is 32.1. The van der Waals surface area contributed by atoms with Crippen molar-refractivity contribution in [2.75, 3.05) is 22.6 Å². The Morgan fingerprint density at radius 2 is 1.50 bits per heavy atom. The van der Waals surface area contributed by atoms with Crippen LogP contribution in [0.1, 0.15) is 6.92 Å². The Labute approximate surface area is 144 Å². The average molecular weight is 344 g/mol. The first-order valence-corrected chi connectivity index (χ1v) is 7.44. The topological polar surface area (TPSA) is 87.5 Å². The van der Waals surface area contributed by atoms with Crippen molar-refractivity contribution in [1.82, 2.24) is 0 Å². The molecular weight excluding hydrogens is 328 g/mol. The summed E-state index contributed by atoms with van der Waals surface area (Å²) in [5.74, 6) is -0.0499. The maximum Gasteiger partial charge on any atom is 0.269 e. The average Bonchev–Trinajstić information content (AvgIpc) is 2.55. The summed E-state index contributed by atoms with van der Waals surface area (Å²) in [7, 11) is 1.70. The number of hydrogen-bond donors (Lipinski definition) is 2. The first kappa shape index (κ1) is 17.4. The number of non-ortho nitro benzene ring substituents is 1. The lowest BCUT2D eigenvalue weighted by Crippen LogP contribution is -2.23. The van der Waals surface area contributed by atoms with E-state index < -0.39 is 4.92 Å². The van der Waals surface area contributed by atoms with Gasteiger partial charge < -0.3 is 15.5 Å². The summed E-state index contributed by atoms with van der Waals surface area (Å²) >= 11 is 5.21. The molecule has 0 atom stereocenters. The fourth-order valence-electron chi connectivity index (χ4n) is 1.91. The van der Waals surface area contributed by atoms with Crippen molar-refractivity contribution in [3.05, 3.63) is 58.6 Å². The summed E-state index contributed by atoms with van der Waals surface area (Å²) in [6.45, 7) is 1.50. The van der Waals surface area contributed by atoms with Gasteiger partial charge in [-0.15, -0.1) is 0 Å². The molecule has 124 valence electrons. The van der Waals surface area contributed by atoms with Crippen molar-refractivity contribution >= 4 is 46.0 Å². The number of hydrogen-bond acceptors (Lipinski definition) is 4. The molecule has 0 saturated heterocycles. The molecule has 0 radical (unpaired) electrons. The SMILES string of the molecule is CC(=O)N(C)c1ccc(NC(=S)Nc2ccc([N+](=O)[O-])cc2)cc1. The Balaban J connectivity index is 1.97. The van der Waals surface area contributed by atoms with Crippen molar-refractivity contribution < 1.29 is 9.72 Å². The molecule has 0 heterocycles. The lowest BCUT2D eigenvalue weighted by atomic mass is 10.2. The smallest absolute Gasteiger partial charge is 0.269 e. The molecule has 2 N–H and O–H groups in total. The molecule has 24 heavy (non-hydrogen) atoms. The van der Waals surface area contributed by atoms with Gasteiger partial charge in [-0.2, -0.15) is 0 Å². The second kappa shape index (κ2) is 7.51. The van der Waals surface area contributed by atoms with Crippen molar-refractivity contribution in [3.63, 3.8) is 0 Å². The summed E-state index contributed by atoms with van der Waals surface area (Å²) in [5, 5.41) is 16.9. The third-order valence-electron chi connectivity index (χ3n) is 3.32. The normalized spacial score (nSPS) is 9.92. The van der Waals surface area contributed by atoms with Crippen LogP contribution in [-0.4, -0.2) is 23.0 Å². The lowest BCUT2D eigenvalue weighted by Gasteiger charge is -2.16. The molecule has 0 unspecified atom stereocenters. The number of amides is 1. The molecule has 0 fully saturated rings. The van der Waals surface area contributed by atoms with Crippen molar-refractivity contribution in [2.45, 2.75) is 6.92 Å². The maximum absolute atomic E-state index is 11.3. The van der Waals surface area contributed by atoms with Crippen LogP contribution in [0, 0.1) is 10.1 Å². The molecule has 0 bridgehead atoms. The summed E-state index contributed by atoms with van der Waals surface area (Å²) in [5.41, 5.74) is 2.20. The number of benzene rings is 2. The van der Waals surface area contributed by atoms with Crippen molar-refractivity contribution in [3.8, 4) is 0 Å². The monoisotopic (exact) mass is 344 g/mol. The van der Waals surface area contributed by atoms with E-state index in [1.807, 2.05) is 0 Å². The van der Waals surface area contributed by atoms with E-state index in [-0.39, 0.29) is 11.6 Å². The Hall–Kier alpha value is -3.00. The molecular formula is C16H16N4O3S. The highest BCUT2D eigenvalue weighted by Crippen LogP contribution is 2.18. The van der Waals surface area contributed by atoms with Gasteiger partial charge >= 0.3 is 0 Å². The number of carbonyl (C=O) groups excluding carboxylic acids is 1. The first-order chi connectivity index (χ1) is 11.4. The van der Waals surface area contributed by atoms with E-state index in [0.717, 1.165) is 11.4 Å². The van der Waals surface area contributed by atoms with Gasteiger partial charge in [0.25, 0.3) is 5.69 Å². The maximum atomic E-state index is 11.3. The molecule has 8 heteroatoms. The van der Waals surface area contributed by atoms with Gasteiger partial charge in [0.1, 0.15) is 0 Å². The molecule has 0 spiro atoms. The number of carbonyl (C=O) groups is 1. The van der Waals surface area contributed by atoms with E-state index in [0.29, 0.717) is 10.8 Å². The number of nitro groups is 1. The minimum absolute atomic E-state index is 0.0182. The Bertz CT molecular complexity index is 760. The van der Waals surface area contributed by atoms with Gasteiger partial charge in [0.05, 0.1) is 4.92 Å². The highest BCUT2D eigenvalue weighted by molar-refractivity contribution is 7.80. The standard InChI is InChI=1S/C16H16N4O3S/c1-11(21)19(2)14-7-3-12(4-8-14)17-16(24)18-13-5-9-15(10-6-13)20(22)23/h3-10H,1-2H3,(H2,17,18,24). The fraction of sp³-hybridized carbons (Fsp3) is 0.125. The van der Waals surface area contributed by atoms with E-state index in [2.05, 4.69) is 10.6 Å². The highest BCUT2D eigenvalue weighted by Gasteiger charge is 2.07. The summed E-state index contributed by atoms with van der Waals surface area (Å²) in [6, 6.07) is 13.2. The number of anilines is 3. The van der Waals surface area contributed by atoms with Gasteiger partial charge in [-0.1, -0.05) is 0 Å². The zero-order valence-electron chi connectivity index (χ0n) is 13.1. The van der Waals surface area contributed by atoms with Gasteiger partial charge in [-0.25, -0.2) is 0 Å². The van der Waals surface area contributed by atoms with Crippen molar-refractivity contribution in [2.24, 2.45) is 0 Å². The molecule has 0 aliphatic carbocycles. The molecule has 2 rings (SSSR count). The summed E-state index contributed by atoms with van der Waals surface area (Å²) < 4.78 is 0. The second-order valence-electron chi connectivity index (χ2n) is 5.01. The number of nitrogens with zero attached hydrogens (tertiary/aromatic N) is 2. The molecule has 7 nitrogen and oxygen atoms in total. The van der Waals surface area contributed by atoms with Gasteiger partial charge in [0.15, 0.2) is 5.11 Å². The van der Waals surface area contributed by atoms with Crippen LogP contribution in [0.2, 0.25) is 0 Å². The summed E-state index contributed by atoms with van der Waals surface area (Å²) in [6.07, 6.45) is 0. The van der Waals surface area contributed by atoms with Crippen LogP contribution in [0.25, 0.3) is 0 Å². The van der Waals surface area contributed by atoms with Crippen LogP contribution >= 0.6 is 12.2 Å². The van der Waals surface area contributed by atoms with E-state index in [9.17, 15) is 14.9 Å². The van der Waals surface area contributed by atoms with Gasteiger partial charge in [-0.05, 0) is 48.6 Å². The molecule has 2 aromatic carbocycles. The van der Waals surface area contributed by atoms with Gasteiger partial charge in [0, 0.05) is 43.2 Å². The molecule has 2 aromatic rings. The number of thiocarbonyl (C=S) groups is 1. The fourth-order valence-corrected chi connectivity index (χ4v) is 2.15. The molecule has 0 saturated carbocycles. The van der Waals surface area contributed by atoms with Crippen LogP contribution in [0.3, 0.4) is 0 Å². The summed E-state index contributed by atoms with van der Waals surface area (Å²) in [4.78, 5) is 23.0. The predicted octanol–water partition coefficient (Wildman–Crippen LogP) is 3.39. The number of nitro benzene ring substituents is 1. The van der Waals surface area contributed by atoms with Gasteiger partial charge in [-0.3, -0.25) is 14.9 Å². The molecule has 0 aliphatic rings. The van der Waals surface area contributed by atoms with Crippen LogP contribution in [0.15, 0.2) is 48.5 Å². The minimum Gasteiger partial charge on any atom is -0.332 e. The van der Waals surface area contributed by atoms with Crippen LogP contribution in [0.4, 0.5) is 22.7 Å². The Morgan fingerprint density at radius 1 is 1.04 bits per heavy atom. The van der Waals surface area contributed by atoms with Crippen LogP contribution in [-0.2, 0) is 4.79 Å². The van der Waals surface area contributed by atoms with E-state index in [4.69, 9.17) is 12.2 Å². The lowest BCUT2D eigenvalue weighted by molar-refractivity contribution is -0.384. The number of nitrogens with one attached hydrogen (secondary N) is 2. The quantitative estimate of drug-likeness (QED) is 0.502. The molecule has 0 aliphatic heterocycles. The molecule has 0 aromatic heterocycles. The largest absolute Gasteiger partial charge is 0.332 e. The third kappa shape index (κ3) is 4.50. The zero-order chi connectivity index (χ0) is 17.7. The third-order valence-corrected chi connectivity index (χ3v) is 3.52. The minimum atomic E-state index is -0.458. The molecule has 1 amide bonds. The Kier molecular flexibility index (Phi) is 5.43. The van der Waals surface area contributed by atoms with Crippen LogP contribution < -0.4 is 15.5 Å². The zero-order valence-corrected chi connectivity index (χ0v) is 14.0. The predicted molar refractivity (Wildman–Crippen MR) is 98.5 cm³/mol. The van der Waals surface area contributed by atoms with E-state index in [1.165, 1.54) is 24.0 Å². The Morgan fingerprint density at radius 3 is 1.92 bits per heavy atom. The second-order valence-corrected chi connectivity index (χ2v) is 5.42. The number of rotatable bonds is 4. The van der Waals surface area contributed by atoms with E-state index >= 15 is 0 Å². The van der Waals surface area contributed by atoms with Crippen LogP contribution in [0.5, 0.6) is 0 Å².